The molecule has 2 aromatic heterocycles. The van der Waals surface area contributed by atoms with E-state index in [4.69, 9.17) is 0 Å². The molecule has 2 heterocycles. The smallest absolute Gasteiger partial charge is 0.0620 e. The predicted octanol–water partition coefficient (Wildman–Crippen LogP) is 17.4. The molecule has 15 rings (SSSR count). The highest BCUT2D eigenvalue weighted by Crippen LogP contribution is 2.59. The van der Waals surface area contributed by atoms with E-state index in [2.05, 4.69) is 220 Å². The maximum atomic E-state index is 2.65. The number of benzene rings is 11. The maximum absolute atomic E-state index is 2.65. The normalized spacial score (nSPS) is 14.7. The Hall–Kier alpha value is -7.74. The first-order valence-electron chi connectivity index (χ1n) is 23.2. The van der Waals surface area contributed by atoms with Crippen LogP contribution < -0.4 is 0 Å². The summed E-state index contributed by atoms with van der Waals surface area (Å²) in [6.07, 6.45) is 0. The Morgan fingerprint density at radius 2 is 0.646 bits per heavy atom. The summed E-state index contributed by atoms with van der Waals surface area (Å²) in [5.41, 5.74) is 19.8. The number of aromatic nitrogens is 1. The number of hydrogen-bond acceptors (Lipinski definition) is 0. The van der Waals surface area contributed by atoms with E-state index in [1.54, 1.807) is 0 Å². The molecule has 0 atom stereocenters. The minimum atomic E-state index is -0.207. The van der Waals surface area contributed by atoms with Crippen LogP contribution in [0.2, 0.25) is 0 Å². The third-order valence-electron chi connectivity index (χ3n) is 16.0. The van der Waals surface area contributed by atoms with E-state index in [0.717, 1.165) is 0 Å². The van der Waals surface area contributed by atoms with Crippen molar-refractivity contribution >= 4 is 81.2 Å². The van der Waals surface area contributed by atoms with E-state index < -0.39 is 0 Å². The second-order valence-corrected chi connectivity index (χ2v) is 19.9. The third-order valence-corrected chi connectivity index (χ3v) is 16.0. The Bertz CT molecular complexity index is 4020. The van der Waals surface area contributed by atoms with E-state index in [1.165, 1.54) is 148 Å². The van der Waals surface area contributed by atoms with Crippen molar-refractivity contribution in [3.05, 3.63) is 210 Å². The van der Waals surface area contributed by atoms with Crippen LogP contribution in [-0.2, 0) is 10.8 Å². The molecule has 0 saturated carbocycles. The van der Waals surface area contributed by atoms with Gasteiger partial charge in [0.2, 0.25) is 0 Å². The van der Waals surface area contributed by atoms with Crippen LogP contribution in [0.3, 0.4) is 0 Å². The fraction of sp³-hybridized carbons (Fsp3) is 0.0938. The zero-order valence-electron chi connectivity index (χ0n) is 36.8. The lowest BCUT2D eigenvalue weighted by molar-refractivity contribution is 0.663. The number of para-hydroxylation sites is 1. The fourth-order valence-electron chi connectivity index (χ4n) is 13.4. The van der Waals surface area contributed by atoms with E-state index in [1.807, 2.05) is 0 Å². The van der Waals surface area contributed by atoms with Crippen molar-refractivity contribution in [2.75, 3.05) is 0 Å². The van der Waals surface area contributed by atoms with Crippen LogP contribution in [-0.4, -0.2) is 4.40 Å². The Morgan fingerprint density at radius 3 is 1.08 bits per heavy atom. The highest BCUT2D eigenvalue weighted by molar-refractivity contribution is 6.34. The minimum Gasteiger partial charge on any atom is -0.308 e. The van der Waals surface area contributed by atoms with Gasteiger partial charge < -0.3 is 4.40 Å². The molecule has 11 aromatic carbocycles. The highest BCUT2D eigenvalue weighted by atomic mass is 14.9. The molecule has 65 heavy (non-hydrogen) atoms. The van der Waals surface area contributed by atoms with Crippen LogP contribution in [0, 0.1) is 0 Å². The second-order valence-electron chi connectivity index (χ2n) is 19.9. The molecule has 0 N–H and O–H groups in total. The first-order valence-corrected chi connectivity index (χ1v) is 23.2. The Labute approximate surface area is 377 Å². The lowest BCUT2D eigenvalue weighted by atomic mass is 9.76. The van der Waals surface area contributed by atoms with Crippen molar-refractivity contribution in [1.82, 2.24) is 4.40 Å². The lowest BCUT2D eigenvalue weighted by Gasteiger charge is -2.27. The molecule has 0 fully saturated rings. The molecule has 0 spiro atoms. The van der Waals surface area contributed by atoms with Gasteiger partial charge in [-0.15, -0.1) is 0 Å². The first-order chi connectivity index (χ1) is 31.8. The summed E-state index contributed by atoms with van der Waals surface area (Å²) in [6.45, 7) is 9.76. The highest BCUT2D eigenvalue weighted by Gasteiger charge is 2.41. The molecule has 0 radical (unpaired) electrons. The molecule has 0 aliphatic heterocycles. The fourth-order valence-corrected chi connectivity index (χ4v) is 13.4. The van der Waals surface area contributed by atoms with Crippen molar-refractivity contribution in [2.24, 2.45) is 0 Å². The van der Waals surface area contributed by atoms with E-state index in [9.17, 15) is 0 Å². The Morgan fingerprint density at radius 1 is 0.308 bits per heavy atom. The number of fused-ring (bicyclic) bond motifs is 16. The molecule has 2 aliphatic carbocycles. The van der Waals surface area contributed by atoms with Gasteiger partial charge in [0.25, 0.3) is 0 Å². The van der Waals surface area contributed by atoms with Crippen molar-refractivity contribution in [1.29, 1.82) is 0 Å². The SMILES string of the molecule is CC1(C)c2ccccc2-c2cc3ccccc3c(-c3c4ccccc4cc4c3c3cccc5c6c(-c7c8c(cc9ccccc79)-c7ccccc7C8(C)C)c7ccccc7cc6n4c35)c21. The molecule has 0 saturated heterocycles. The largest absolute Gasteiger partial charge is 0.308 e. The van der Waals surface area contributed by atoms with Gasteiger partial charge in [-0.2, -0.15) is 0 Å². The molecule has 13 aromatic rings. The summed E-state index contributed by atoms with van der Waals surface area (Å²) in [5, 5.41) is 15.5. The van der Waals surface area contributed by atoms with E-state index in [0.29, 0.717) is 0 Å². The van der Waals surface area contributed by atoms with Crippen LogP contribution in [0.5, 0.6) is 0 Å². The van der Waals surface area contributed by atoms with Crippen molar-refractivity contribution in [2.45, 2.75) is 38.5 Å². The van der Waals surface area contributed by atoms with E-state index >= 15 is 0 Å². The lowest BCUT2D eigenvalue weighted by Crippen LogP contribution is -2.16. The van der Waals surface area contributed by atoms with Crippen LogP contribution >= 0.6 is 0 Å². The minimum absolute atomic E-state index is 0.207. The zero-order chi connectivity index (χ0) is 43.1. The number of hydrogen-bond donors (Lipinski definition) is 0. The summed E-state index contributed by atoms with van der Waals surface area (Å²) in [4.78, 5) is 0. The number of rotatable bonds is 2. The van der Waals surface area contributed by atoms with Gasteiger partial charge in [0, 0.05) is 43.5 Å². The summed E-state index contributed by atoms with van der Waals surface area (Å²) >= 11 is 0. The van der Waals surface area contributed by atoms with Crippen molar-refractivity contribution in [3.63, 3.8) is 0 Å². The predicted molar refractivity (Wildman–Crippen MR) is 277 cm³/mol. The first kappa shape index (κ1) is 35.7. The van der Waals surface area contributed by atoms with Crippen LogP contribution in [0.4, 0.5) is 0 Å². The maximum Gasteiger partial charge on any atom is 0.0620 e. The average Bonchev–Trinajstić information content (AvgIpc) is 3.99. The quantitative estimate of drug-likeness (QED) is 0.164. The summed E-state index contributed by atoms with van der Waals surface area (Å²) in [5.74, 6) is 0. The van der Waals surface area contributed by atoms with Gasteiger partial charge in [-0.3, -0.25) is 0 Å². The Kier molecular flexibility index (Phi) is 6.63. The molecule has 2 aliphatic rings. The van der Waals surface area contributed by atoms with Gasteiger partial charge in [-0.05, 0) is 123 Å². The second kappa shape index (κ2) is 12.1. The molecule has 0 amide bonds. The van der Waals surface area contributed by atoms with Gasteiger partial charge >= 0.3 is 0 Å². The topological polar surface area (TPSA) is 4.41 Å². The van der Waals surface area contributed by atoms with Gasteiger partial charge in [-0.25, -0.2) is 0 Å². The molecule has 0 unspecified atom stereocenters. The van der Waals surface area contributed by atoms with Gasteiger partial charge in [0.15, 0.2) is 0 Å². The molecule has 1 nitrogen and oxygen atoms in total. The van der Waals surface area contributed by atoms with Gasteiger partial charge in [0.05, 0.1) is 16.6 Å². The molecule has 1 heteroatoms. The monoisotopic (exact) mass is 825 g/mol. The van der Waals surface area contributed by atoms with Crippen LogP contribution in [0.1, 0.15) is 49.9 Å². The Balaban J connectivity index is 1.16. The standard InChI is InChI=1S/C64H43N/c1-63(2)50-30-15-13-26-44(50)48-32-36-18-5-11-24-42(36)58(60(48)63)56-40-22-9-7-20-38(40)34-52-54(56)46-28-17-29-47-55-53(65(52)62(46)47)35-39-21-8-10-23-41(39)57(55)59-43-25-12-6-19-37(43)33-49-45-27-14-16-31-51(45)64(3,4)61(49)59/h5-35H,1-4H3. The molecule has 304 valence electrons. The zero-order valence-corrected chi connectivity index (χ0v) is 36.8. The molecular formula is C64H43N. The molecular weight excluding hydrogens is 783 g/mol. The summed E-state index contributed by atoms with van der Waals surface area (Å²) < 4.78 is 2.65. The van der Waals surface area contributed by atoms with E-state index in [-0.39, 0.29) is 10.8 Å². The van der Waals surface area contributed by atoms with Crippen molar-refractivity contribution in [3.8, 4) is 44.5 Å². The van der Waals surface area contributed by atoms with Gasteiger partial charge in [0.1, 0.15) is 0 Å². The van der Waals surface area contributed by atoms with Crippen LogP contribution in [0.15, 0.2) is 188 Å². The summed E-state index contributed by atoms with van der Waals surface area (Å²) in [6, 6.07) is 71.7. The van der Waals surface area contributed by atoms with Crippen LogP contribution in [0.25, 0.3) is 126 Å². The summed E-state index contributed by atoms with van der Waals surface area (Å²) in [7, 11) is 0. The average molecular weight is 826 g/mol. The molecule has 0 bridgehead atoms. The third kappa shape index (κ3) is 4.30. The van der Waals surface area contributed by atoms with Gasteiger partial charge in [-0.1, -0.05) is 191 Å². The number of nitrogens with zero attached hydrogens (tertiary/aromatic N) is 1. The van der Waals surface area contributed by atoms with Crippen molar-refractivity contribution < 1.29 is 0 Å².